The van der Waals surface area contributed by atoms with Gasteiger partial charge in [-0.25, -0.2) is 0 Å². The van der Waals surface area contributed by atoms with Crippen LogP contribution in [0.1, 0.15) is 46.0 Å². The fourth-order valence-corrected chi connectivity index (χ4v) is 5.29. The van der Waals surface area contributed by atoms with Crippen molar-refractivity contribution in [3.63, 3.8) is 0 Å². The molecule has 2 aliphatic carbocycles. The molecule has 3 nitrogen and oxygen atoms in total. The number of hydrogen-bond donors (Lipinski definition) is 0. The molecule has 4 atom stereocenters. The van der Waals surface area contributed by atoms with Crippen LogP contribution >= 0.6 is 15.9 Å². The number of unbranched alkanes of at least 4 members (excludes halogenated alkanes) is 1. The lowest BCUT2D eigenvalue weighted by Gasteiger charge is -2.39. The molecule has 2 saturated carbocycles. The highest BCUT2D eigenvalue weighted by Crippen LogP contribution is 2.70. The second-order valence-electron chi connectivity index (χ2n) is 6.77. The minimum absolute atomic E-state index is 0.113. The van der Waals surface area contributed by atoms with Gasteiger partial charge in [0.2, 0.25) is 11.8 Å². The monoisotopic (exact) mass is 327 g/mol. The van der Waals surface area contributed by atoms with Crippen LogP contribution in [0.2, 0.25) is 0 Å². The largest absolute Gasteiger partial charge is 0.282 e. The molecule has 1 aliphatic heterocycles. The summed E-state index contributed by atoms with van der Waals surface area (Å²) in [6.07, 6.45) is 5.26. The lowest BCUT2D eigenvalue weighted by molar-refractivity contribution is -0.142. The molecular weight excluding hydrogens is 306 g/mol. The Morgan fingerprint density at radius 2 is 1.63 bits per heavy atom. The third kappa shape index (κ3) is 1.44. The molecular formula is C15H22BrNO2. The molecule has 3 fully saturated rings. The molecule has 0 spiro atoms. The number of imide groups is 1. The normalized spacial score (nSPS) is 44.3. The highest BCUT2D eigenvalue weighted by atomic mass is 79.9. The van der Waals surface area contributed by atoms with Crippen LogP contribution < -0.4 is 0 Å². The number of hydrogen-bond acceptors (Lipinski definition) is 2. The molecule has 3 rings (SSSR count). The Balaban J connectivity index is 1.90. The maximum absolute atomic E-state index is 12.8. The van der Waals surface area contributed by atoms with E-state index >= 15 is 0 Å². The number of carbonyl (C=O) groups excluding carboxylic acids is 2. The number of fused-ring (bicyclic) bond motifs is 5. The molecule has 0 aromatic carbocycles. The first kappa shape index (κ1) is 13.6. The Morgan fingerprint density at radius 3 is 2.11 bits per heavy atom. The molecule has 106 valence electrons. The van der Waals surface area contributed by atoms with Gasteiger partial charge < -0.3 is 0 Å². The first-order chi connectivity index (χ1) is 8.97. The van der Waals surface area contributed by atoms with E-state index in [0.717, 1.165) is 37.4 Å². The molecule has 2 bridgehead atoms. The predicted molar refractivity (Wildman–Crippen MR) is 76.8 cm³/mol. The van der Waals surface area contributed by atoms with Gasteiger partial charge in [0.25, 0.3) is 0 Å². The van der Waals surface area contributed by atoms with E-state index in [4.69, 9.17) is 0 Å². The minimum Gasteiger partial charge on any atom is -0.282 e. The molecule has 0 radical (unpaired) electrons. The molecule has 1 heterocycles. The van der Waals surface area contributed by atoms with E-state index in [1.165, 1.54) is 0 Å². The SMILES string of the molecule is C[C@@]12C(=O)N(CCCCBr)C(=O)[C@]1(C)[C@H]1CC[C@@H]2C1. The topological polar surface area (TPSA) is 37.4 Å². The average Bonchev–Trinajstić information content (AvgIpc) is 3.00. The van der Waals surface area contributed by atoms with Crippen molar-refractivity contribution in [1.29, 1.82) is 0 Å². The number of halogens is 1. The fraction of sp³-hybridized carbons (Fsp3) is 0.867. The van der Waals surface area contributed by atoms with Crippen LogP contribution in [-0.4, -0.2) is 28.6 Å². The van der Waals surface area contributed by atoms with Gasteiger partial charge in [0, 0.05) is 11.9 Å². The van der Waals surface area contributed by atoms with Crippen molar-refractivity contribution in [3.05, 3.63) is 0 Å². The van der Waals surface area contributed by atoms with Gasteiger partial charge in [-0.15, -0.1) is 0 Å². The Hall–Kier alpha value is -0.380. The van der Waals surface area contributed by atoms with Gasteiger partial charge in [-0.2, -0.15) is 0 Å². The lowest BCUT2D eigenvalue weighted by atomic mass is 9.59. The summed E-state index contributed by atoms with van der Waals surface area (Å²) in [4.78, 5) is 27.2. The van der Waals surface area contributed by atoms with Crippen LogP contribution in [0.15, 0.2) is 0 Å². The van der Waals surface area contributed by atoms with Crippen molar-refractivity contribution in [2.45, 2.75) is 46.0 Å². The zero-order valence-corrected chi connectivity index (χ0v) is 13.3. The number of carbonyl (C=O) groups is 2. The Bertz CT molecular complexity index is 404. The van der Waals surface area contributed by atoms with Crippen LogP contribution in [0, 0.1) is 22.7 Å². The number of nitrogens with zero attached hydrogens (tertiary/aromatic N) is 1. The van der Waals surface area contributed by atoms with E-state index < -0.39 is 10.8 Å². The number of likely N-dealkylation sites (tertiary alicyclic amines) is 1. The van der Waals surface area contributed by atoms with Crippen molar-refractivity contribution in [2.75, 3.05) is 11.9 Å². The van der Waals surface area contributed by atoms with Gasteiger partial charge in [-0.3, -0.25) is 14.5 Å². The van der Waals surface area contributed by atoms with E-state index in [1.807, 2.05) is 0 Å². The van der Waals surface area contributed by atoms with Crippen LogP contribution in [0.25, 0.3) is 0 Å². The summed E-state index contributed by atoms with van der Waals surface area (Å²) < 4.78 is 0. The Kier molecular flexibility index (Phi) is 3.08. The Labute approximate surface area is 123 Å². The summed E-state index contributed by atoms with van der Waals surface area (Å²) in [7, 11) is 0. The summed E-state index contributed by atoms with van der Waals surface area (Å²) in [5.74, 6) is 1.09. The first-order valence-electron chi connectivity index (χ1n) is 7.40. The molecule has 2 amide bonds. The highest BCUT2D eigenvalue weighted by Gasteiger charge is 2.75. The maximum Gasteiger partial charge on any atom is 0.236 e. The van der Waals surface area contributed by atoms with Crippen molar-refractivity contribution >= 4 is 27.7 Å². The van der Waals surface area contributed by atoms with Crippen molar-refractivity contribution < 1.29 is 9.59 Å². The second-order valence-corrected chi connectivity index (χ2v) is 7.56. The molecule has 0 aromatic rings. The molecule has 1 saturated heterocycles. The third-order valence-corrected chi connectivity index (χ3v) is 6.85. The van der Waals surface area contributed by atoms with Crippen LogP contribution in [0.5, 0.6) is 0 Å². The van der Waals surface area contributed by atoms with E-state index in [1.54, 1.807) is 4.90 Å². The van der Waals surface area contributed by atoms with Gasteiger partial charge in [0.05, 0.1) is 10.8 Å². The number of alkyl halides is 1. The van der Waals surface area contributed by atoms with E-state index in [9.17, 15) is 9.59 Å². The lowest BCUT2D eigenvalue weighted by Crippen LogP contribution is -2.45. The molecule has 0 aromatic heterocycles. The van der Waals surface area contributed by atoms with Gasteiger partial charge in [0.15, 0.2) is 0 Å². The predicted octanol–water partition coefficient (Wildman–Crippen LogP) is 2.97. The second kappa shape index (κ2) is 4.31. The van der Waals surface area contributed by atoms with Crippen molar-refractivity contribution in [2.24, 2.45) is 22.7 Å². The molecule has 4 heteroatoms. The van der Waals surface area contributed by atoms with Crippen molar-refractivity contribution in [1.82, 2.24) is 4.90 Å². The summed E-state index contributed by atoms with van der Waals surface area (Å²) in [5, 5.41) is 0.934. The standard InChI is InChI=1S/C15H22BrNO2/c1-14-10-5-6-11(9-10)15(14,2)13(19)17(12(14)18)8-4-3-7-16/h10-11H,3-9H2,1-2H3/t10-,11+,14-,15+. The average molecular weight is 328 g/mol. The summed E-state index contributed by atoms with van der Waals surface area (Å²) >= 11 is 3.40. The zero-order chi connectivity index (χ0) is 13.8. The van der Waals surface area contributed by atoms with Gasteiger partial charge in [0.1, 0.15) is 0 Å². The van der Waals surface area contributed by atoms with Gasteiger partial charge in [-0.05, 0) is 57.8 Å². The quantitative estimate of drug-likeness (QED) is 0.452. The minimum atomic E-state index is -0.415. The van der Waals surface area contributed by atoms with E-state index in [2.05, 4.69) is 29.8 Å². The molecule has 0 N–H and O–H groups in total. The van der Waals surface area contributed by atoms with Crippen LogP contribution in [0.3, 0.4) is 0 Å². The zero-order valence-electron chi connectivity index (χ0n) is 11.7. The molecule has 19 heavy (non-hydrogen) atoms. The summed E-state index contributed by atoms with van der Waals surface area (Å²) in [6, 6.07) is 0. The summed E-state index contributed by atoms with van der Waals surface area (Å²) in [5.41, 5.74) is -0.831. The number of amides is 2. The third-order valence-electron chi connectivity index (χ3n) is 6.29. The van der Waals surface area contributed by atoms with Gasteiger partial charge in [-0.1, -0.05) is 15.9 Å². The van der Waals surface area contributed by atoms with Crippen LogP contribution in [-0.2, 0) is 9.59 Å². The fourth-order valence-electron chi connectivity index (χ4n) is 4.89. The highest BCUT2D eigenvalue weighted by molar-refractivity contribution is 9.09. The Morgan fingerprint density at radius 1 is 1.11 bits per heavy atom. The number of rotatable bonds is 4. The van der Waals surface area contributed by atoms with Crippen LogP contribution in [0.4, 0.5) is 0 Å². The maximum atomic E-state index is 12.8. The molecule has 0 unspecified atom stereocenters. The smallest absolute Gasteiger partial charge is 0.236 e. The van der Waals surface area contributed by atoms with Gasteiger partial charge >= 0.3 is 0 Å². The first-order valence-corrected chi connectivity index (χ1v) is 8.52. The molecule has 3 aliphatic rings. The van der Waals surface area contributed by atoms with E-state index in [-0.39, 0.29) is 11.8 Å². The van der Waals surface area contributed by atoms with Crippen molar-refractivity contribution in [3.8, 4) is 0 Å². The van der Waals surface area contributed by atoms with E-state index in [0.29, 0.717) is 18.4 Å². The summed E-state index contributed by atoms with van der Waals surface area (Å²) in [6.45, 7) is 4.72.